The molecule has 2 aromatic rings. The second-order valence-electron chi connectivity index (χ2n) is 6.43. The van der Waals surface area contributed by atoms with Gasteiger partial charge in [-0.25, -0.2) is 0 Å². The standard InChI is InChI=1S/C20H21NO3/c1-13-5-8-17(9-6-13)21-12-16(11-19(21)22)20(23)24-18-10-14(2)4-7-15(18)3/h4-10,16H,11-12H2,1-3H3. The second-order valence-corrected chi connectivity index (χ2v) is 6.43. The summed E-state index contributed by atoms with van der Waals surface area (Å²) in [5.41, 5.74) is 3.91. The summed E-state index contributed by atoms with van der Waals surface area (Å²) < 4.78 is 5.54. The Hall–Kier alpha value is -2.62. The fourth-order valence-electron chi connectivity index (χ4n) is 2.85. The highest BCUT2D eigenvalue weighted by Crippen LogP contribution is 2.27. The van der Waals surface area contributed by atoms with Crippen LogP contribution in [0.1, 0.15) is 23.1 Å². The summed E-state index contributed by atoms with van der Waals surface area (Å²) >= 11 is 0. The lowest BCUT2D eigenvalue weighted by Gasteiger charge is -2.17. The zero-order valence-corrected chi connectivity index (χ0v) is 14.2. The Morgan fingerprint density at radius 1 is 1.04 bits per heavy atom. The first-order valence-electron chi connectivity index (χ1n) is 8.10. The number of ether oxygens (including phenoxy) is 1. The van der Waals surface area contributed by atoms with Crippen molar-refractivity contribution >= 4 is 17.6 Å². The minimum Gasteiger partial charge on any atom is -0.426 e. The number of rotatable bonds is 3. The molecule has 1 unspecified atom stereocenters. The van der Waals surface area contributed by atoms with Crippen molar-refractivity contribution in [3.05, 3.63) is 59.2 Å². The molecular weight excluding hydrogens is 302 g/mol. The van der Waals surface area contributed by atoms with E-state index in [1.165, 1.54) is 0 Å². The molecule has 1 heterocycles. The third kappa shape index (κ3) is 3.32. The topological polar surface area (TPSA) is 46.6 Å². The largest absolute Gasteiger partial charge is 0.426 e. The molecule has 1 aliphatic heterocycles. The van der Waals surface area contributed by atoms with Crippen molar-refractivity contribution in [3.63, 3.8) is 0 Å². The summed E-state index contributed by atoms with van der Waals surface area (Å²) in [5, 5.41) is 0. The SMILES string of the molecule is Cc1ccc(N2CC(C(=O)Oc3cc(C)ccc3C)CC2=O)cc1. The number of esters is 1. The van der Waals surface area contributed by atoms with Gasteiger partial charge in [-0.2, -0.15) is 0 Å². The van der Waals surface area contributed by atoms with Crippen LogP contribution in [0.3, 0.4) is 0 Å². The highest BCUT2D eigenvalue weighted by atomic mass is 16.5. The van der Waals surface area contributed by atoms with Gasteiger partial charge in [0.05, 0.1) is 5.92 Å². The van der Waals surface area contributed by atoms with Crippen LogP contribution in [0.5, 0.6) is 5.75 Å². The van der Waals surface area contributed by atoms with Crippen molar-refractivity contribution in [1.82, 2.24) is 0 Å². The second kappa shape index (κ2) is 6.48. The molecule has 0 aliphatic carbocycles. The van der Waals surface area contributed by atoms with Crippen LogP contribution in [-0.4, -0.2) is 18.4 Å². The molecule has 124 valence electrons. The molecule has 0 bridgehead atoms. The molecule has 0 spiro atoms. The van der Waals surface area contributed by atoms with Gasteiger partial charge in [0, 0.05) is 18.7 Å². The van der Waals surface area contributed by atoms with E-state index in [0.717, 1.165) is 22.4 Å². The third-order valence-corrected chi connectivity index (χ3v) is 4.36. The number of carbonyl (C=O) groups is 2. The van der Waals surface area contributed by atoms with Crippen molar-refractivity contribution in [3.8, 4) is 5.75 Å². The van der Waals surface area contributed by atoms with E-state index in [2.05, 4.69) is 0 Å². The molecule has 0 N–H and O–H groups in total. The Labute approximate surface area is 142 Å². The normalized spacial score (nSPS) is 17.2. The zero-order valence-electron chi connectivity index (χ0n) is 14.2. The molecule has 0 aromatic heterocycles. The zero-order chi connectivity index (χ0) is 17.3. The molecule has 1 fully saturated rings. The van der Waals surface area contributed by atoms with E-state index in [1.807, 2.05) is 63.2 Å². The first-order chi connectivity index (χ1) is 11.4. The maximum Gasteiger partial charge on any atom is 0.316 e. The smallest absolute Gasteiger partial charge is 0.316 e. The lowest BCUT2D eigenvalue weighted by molar-refractivity contribution is -0.139. The number of hydrogen-bond donors (Lipinski definition) is 0. The van der Waals surface area contributed by atoms with Gasteiger partial charge in [-0.1, -0.05) is 29.8 Å². The molecule has 4 nitrogen and oxygen atoms in total. The van der Waals surface area contributed by atoms with Gasteiger partial charge in [-0.15, -0.1) is 0 Å². The first kappa shape index (κ1) is 16.2. The van der Waals surface area contributed by atoms with Gasteiger partial charge in [-0.3, -0.25) is 9.59 Å². The molecule has 24 heavy (non-hydrogen) atoms. The van der Waals surface area contributed by atoms with Crippen molar-refractivity contribution in [2.45, 2.75) is 27.2 Å². The fourth-order valence-corrected chi connectivity index (χ4v) is 2.85. The predicted octanol–water partition coefficient (Wildman–Crippen LogP) is 3.57. The van der Waals surface area contributed by atoms with Crippen molar-refractivity contribution in [2.75, 3.05) is 11.4 Å². The monoisotopic (exact) mass is 323 g/mol. The Morgan fingerprint density at radius 3 is 2.42 bits per heavy atom. The van der Waals surface area contributed by atoms with Gasteiger partial charge in [0.15, 0.2) is 0 Å². The van der Waals surface area contributed by atoms with E-state index >= 15 is 0 Å². The molecular formula is C20H21NO3. The third-order valence-electron chi connectivity index (χ3n) is 4.36. The van der Waals surface area contributed by atoms with Crippen LogP contribution in [0, 0.1) is 26.7 Å². The lowest BCUT2D eigenvalue weighted by Crippen LogP contribution is -2.27. The van der Waals surface area contributed by atoms with Gasteiger partial charge in [0.2, 0.25) is 5.91 Å². The molecule has 4 heteroatoms. The van der Waals surface area contributed by atoms with Crippen LogP contribution >= 0.6 is 0 Å². The van der Waals surface area contributed by atoms with Gasteiger partial charge in [0.1, 0.15) is 5.75 Å². The summed E-state index contributed by atoms with van der Waals surface area (Å²) in [5.74, 6) is -0.242. The lowest BCUT2D eigenvalue weighted by atomic mass is 10.1. The number of amides is 1. The van der Waals surface area contributed by atoms with E-state index in [1.54, 1.807) is 4.90 Å². The first-order valence-corrected chi connectivity index (χ1v) is 8.10. The van der Waals surface area contributed by atoms with Crippen LogP contribution in [0.4, 0.5) is 5.69 Å². The van der Waals surface area contributed by atoms with Gasteiger partial charge in [-0.05, 0) is 50.1 Å². The van der Waals surface area contributed by atoms with E-state index in [0.29, 0.717) is 12.3 Å². The summed E-state index contributed by atoms with van der Waals surface area (Å²) in [7, 11) is 0. The number of hydrogen-bond acceptors (Lipinski definition) is 3. The molecule has 1 saturated heterocycles. The van der Waals surface area contributed by atoms with Gasteiger partial charge >= 0.3 is 5.97 Å². The molecule has 2 aromatic carbocycles. The van der Waals surface area contributed by atoms with E-state index in [-0.39, 0.29) is 18.3 Å². The molecule has 0 saturated carbocycles. The van der Waals surface area contributed by atoms with Crippen LogP contribution in [0.25, 0.3) is 0 Å². The molecule has 1 aliphatic rings. The van der Waals surface area contributed by atoms with Gasteiger partial charge < -0.3 is 9.64 Å². The van der Waals surface area contributed by atoms with Crippen LogP contribution in [-0.2, 0) is 9.59 Å². The molecule has 0 radical (unpaired) electrons. The molecule has 1 atom stereocenters. The average Bonchev–Trinajstić information content (AvgIpc) is 2.94. The summed E-state index contributed by atoms with van der Waals surface area (Å²) in [4.78, 5) is 26.4. The van der Waals surface area contributed by atoms with Crippen molar-refractivity contribution in [2.24, 2.45) is 5.92 Å². The van der Waals surface area contributed by atoms with Crippen molar-refractivity contribution in [1.29, 1.82) is 0 Å². The number of carbonyl (C=O) groups excluding carboxylic acids is 2. The number of aryl methyl sites for hydroxylation is 3. The van der Waals surface area contributed by atoms with E-state index < -0.39 is 5.92 Å². The van der Waals surface area contributed by atoms with Crippen LogP contribution in [0.2, 0.25) is 0 Å². The van der Waals surface area contributed by atoms with Crippen LogP contribution in [0.15, 0.2) is 42.5 Å². The Kier molecular flexibility index (Phi) is 4.38. The Morgan fingerprint density at radius 2 is 1.71 bits per heavy atom. The molecule has 3 rings (SSSR count). The van der Waals surface area contributed by atoms with E-state index in [9.17, 15) is 9.59 Å². The van der Waals surface area contributed by atoms with Crippen LogP contribution < -0.4 is 9.64 Å². The summed E-state index contributed by atoms with van der Waals surface area (Å²) in [6.45, 7) is 6.22. The maximum atomic E-state index is 12.5. The number of nitrogens with zero attached hydrogens (tertiary/aromatic N) is 1. The Balaban J connectivity index is 1.72. The quantitative estimate of drug-likeness (QED) is 0.641. The highest BCUT2D eigenvalue weighted by Gasteiger charge is 2.36. The Bertz CT molecular complexity index is 780. The van der Waals surface area contributed by atoms with Crippen molar-refractivity contribution < 1.29 is 14.3 Å². The fraction of sp³-hybridized carbons (Fsp3) is 0.300. The molecule has 1 amide bonds. The summed E-state index contributed by atoms with van der Waals surface area (Å²) in [6, 6.07) is 13.5. The summed E-state index contributed by atoms with van der Waals surface area (Å²) in [6.07, 6.45) is 0.192. The average molecular weight is 323 g/mol. The predicted molar refractivity (Wildman–Crippen MR) is 93.2 cm³/mol. The number of anilines is 1. The van der Waals surface area contributed by atoms with E-state index in [4.69, 9.17) is 4.74 Å². The maximum absolute atomic E-state index is 12.5. The number of benzene rings is 2. The highest BCUT2D eigenvalue weighted by molar-refractivity contribution is 5.99. The van der Waals surface area contributed by atoms with Gasteiger partial charge in [0.25, 0.3) is 0 Å². The minimum atomic E-state index is -0.432. The minimum absolute atomic E-state index is 0.0400.